The number of benzene rings is 3. The third-order valence-corrected chi connectivity index (χ3v) is 7.03. The van der Waals surface area contributed by atoms with Gasteiger partial charge >= 0.3 is 0 Å². The fourth-order valence-electron chi connectivity index (χ4n) is 4.62. The van der Waals surface area contributed by atoms with Crippen LogP contribution in [0.4, 0.5) is 5.69 Å². The van der Waals surface area contributed by atoms with Crippen LogP contribution < -0.4 is 16.1 Å². The van der Waals surface area contributed by atoms with E-state index in [1.54, 1.807) is 0 Å². The first-order chi connectivity index (χ1) is 18.3. The lowest BCUT2D eigenvalue weighted by Gasteiger charge is -2.25. The molecule has 0 aliphatic heterocycles. The molecule has 198 valence electrons. The second-order valence-corrected chi connectivity index (χ2v) is 10.3. The van der Waals surface area contributed by atoms with Crippen LogP contribution in [0, 0.1) is 11.8 Å². The lowest BCUT2D eigenvalue weighted by atomic mass is 9.92. The first-order valence-electron chi connectivity index (χ1n) is 12.5. The third kappa shape index (κ3) is 6.33. The van der Waals surface area contributed by atoms with E-state index in [-0.39, 0.29) is 12.3 Å². The van der Waals surface area contributed by atoms with Gasteiger partial charge in [-0.3, -0.25) is 19.6 Å². The van der Waals surface area contributed by atoms with Gasteiger partial charge in [0.25, 0.3) is 5.91 Å². The highest BCUT2D eigenvalue weighted by molar-refractivity contribution is 6.32. The van der Waals surface area contributed by atoms with E-state index < -0.39 is 35.1 Å². The number of fused-ring (bicyclic) bond motifs is 2. The summed E-state index contributed by atoms with van der Waals surface area (Å²) in [7, 11) is 0. The summed E-state index contributed by atoms with van der Waals surface area (Å²) in [6.07, 6.45) is 2.32. The Balaban J connectivity index is 1.62. The fourth-order valence-corrected chi connectivity index (χ4v) is 4.88. The van der Waals surface area contributed by atoms with Gasteiger partial charge in [-0.15, -0.1) is 11.6 Å². The van der Waals surface area contributed by atoms with Crippen LogP contribution >= 0.6 is 11.6 Å². The molecule has 0 aliphatic carbocycles. The summed E-state index contributed by atoms with van der Waals surface area (Å²) in [5, 5.41) is 16.5. The standard InChI is InChI=1S/C29H31ClN4O4/c1-17(2)13-23(26(30)29(37)34-38)27(35)33-25(15-20-16-31-24-10-6-5-9-22(20)24)28(36)32-21-12-11-18-7-3-4-8-19(18)14-21/h3-12,14,16-17,23,25-26,31,38H,13,15H2,1-2H3,(H,32,36)(H,33,35)(H,34,37)/t23-,25+,26-/m1/s1. The molecule has 9 heteroatoms. The summed E-state index contributed by atoms with van der Waals surface area (Å²) in [6, 6.07) is 20.2. The van der Waals surface area contributed by atoms with Crippen molar-refractivity contribution in [3.8, 4) is 0 Å². The number of H-pyrrole nitrogens is 1. The highest BCUT2D eigenvalue weighted by Gasteiger charge is 2.35. The number of nitrogens with one attached hydrogen (secondary N) is 4. The Labute approximate surface area is 225 Å². The lowest BCUT2D eigenvalue weighted by molar-refractivity contribution is -0.135. The van der Waals surface area contributed by atoms with Crippen molar-refractivity contribution in [3.63, 3.8) is 0 Å². The maximum atomic E-state index is 13.6. The smallest absolute Gasteiger partial charge is 0.262 e. The Morgan fingerprint density at radius 3 is 2.37 bits per heavy atom. The topological polar surface area (TPSA) is 123 Å². The molecule has 0 saturated heterocycles. The molecule has 0 aliphatic rings. The molecule has 38 heavy (non-hydrogen) atoms. The number of hydrogen-bond donors (Lipinski definition) is 5. The van der Waals surface area contributed by atoms with Crippen LogP contribution in [0.25, 0.3) is 21.7 Å². The minimum Gasteiger partial charge on any atom is -0.361 e. The third-order valence-electron chi connectivity index (χ3n) is 6.52. The number of hydroxylamine groups is 1. The summed E-state index contributed by atoms with van der Waals surface area (Å²) in [5.41, 5.74) is 3.89. The molecule has 1 aromatic heterocycles. The Kier molecular flexibility index (Phi) is 8.66. The summed E-state index contributed by atoms with van der Waals surface area (Å²) >= 11 is 6.27. The number of alkyl halides is 1. The fraction of sp³-hybridized carbons (Fsp3) is 0.276. The summed E-state index contributed by atoms with van der Waals surface area (Å²) in [5.74, 6) is -2.73. The molecule has 4 aromatic rings. The second kappa shape index (κ2) is 12.1. The monoisotopic (exact) mass is 534 g/mol. The van der Waals surface area contributed by atoms with E-state index in [1.807, 2.05) is 86.8 Å². The number of carbonyl (C=O) groups is 3. The van der Waals surface area contributed by atoms with Crippen LogP contribution in [-0.2, 0) is 20.8 Å². The van der Waals surface area contributed by atoms with Crippen LogP contribution in [0.15, 0.2) is 72.9 Å². The maximum absolute atomic E-state index is 13.6. The average molecular weight is 535 g/mol. The predicted octanol–water partition coefficient (Wildman–Crippen LogP) is 4.76. The van der Waals surface area contributed by atoms with E-state index in [0.29, 0.717) is 12.1 Å². The molecule has 1 heterocycles. The molecule has 0 radical (unpaired) electrons. The molecular formula is C29H31ClN4O4. The number of para-hydroxylation sites is 1. The van der Waals surface area contributed by atoms with Gasteiger partial charge in [0.15, 0.2) is 0 Å². The van der Waals surface area contributed by atoms with E-state index in [1.165, 1.54) is 5.48 Å². The van der Waals surface area contributed by atoms with E-state index in [9.17, 15) is 14.4 Å². The van der Waals surface area contributed by atoms with Crippen LogP contribution in [-0.4, -0.2) is 39.3 Å². The van der Waals surface area contributed by atoms with Gasteiger partial charge in [0.2, 0.25) is 11.8 Å². The first kappa shape index (κ1) is 27.2. The van der Waals surface area contributed by atoms with Gasteiger partial charge in [0, 0.05) is 29.2 Å². The van der Waals surface area contributed by atoms with Crippen LogP contribution in [0.1, 0.15) is 25.8 Å². The van der Waals surface area contributed by atoms with Gasteiger partial charge in [-0.25, -0.2) is 5.48 Å². The average Bonchev–Trinajstić information content (AvgIpc) is 3.33. The molecule has 4 rings (SSSR count). The minimum absolute atomic E-state index is 0.0389. The SMILES string of the molecule is CC(C)C[C@@H](C(=O)N[C@@H](Cc1c[nH]c2ccccc12)C(=O)Nc1ccc2ccccc2c1)[C@@H](Cl)C(=O)NO. The van der Waals surface area contributed by atoms with Gasteiger partial charge in [-0.05, 0) is 46.9 Å². The molecule has 0 bridgehead atoms. The number of rotatable bonds is 10. The molecule has 0 spiro atoms. The van der Waals surface area contributed by atoms with Gasteiger partial charge in [-0.2, -0.15) is 0 Å². The molecule has 0 fully saturated rings. The second-order valence-electron chi connectivity index (χ2n) is 9.79. The summed E-state index contributed by atoms with van der Waals surface area (Å²) in [4.78, 5) is 42.2. The van der Waals surface area contributed by atoms with Crippen molar-refractivity contribution in [2.75, 3.05) is 5.32 Å². The molecule has 3 atom stereocenters. The van der Waals surface area contributed by atoms with Gasteiger partial charge in [-0.1, -0.05) is 62.4 Å². The van der Waals surface area contributed by atoms with Crippen molar-refractivity contribution < 1.29 is 19.6 Å². The summed E-state index contributed by atoms with van der Waals surface area (Å²) < 4.78 is 0. The molecule has 3 amide bonds. The zero-order chi connectivity index (χ0) is 27.2. The van der Waals surface area contributed by atoms with Gasteiger partial charge in [0.05, 0.1) is 5.92 Å². The highest BCUT2D eigenvalue weighted by Crippen LogP contribution is 2.24. The van der Waals surface area contributed by atoms with Crippen LogP contribution in [0.2, 0.25) is 0 Å². The summed E-state index contributed by atoms with van der Waals surface area (Å²) in [6.45, 7) is 3.80. The number of carbonyl (C=O) groups excluding carboxylic acids is 3. The Morgan fingerprint density at radius 2 is 1.63 bits per heavy atom. The highest BCUT2D eigenvalue weighted by atomic mass is 35.5. The van der Waals surface area contributed by atoms with E-state index in [2.05, 4.69) is 15.6 Å². The van der Waals surface area contributed by atoms with Crippen molar-refractivity contribution in [1.82, 2.24) is 15.8 Å². The Hall–Kier alpha value is -3.88. The lowest BCUT2D eigenvalue weighted by Crippen LogP contribution is -2.50. The number of hydrogen-bond acceptors (Lipinski definition) is 4. The molecule has 5 N–H and O–H groups in total. The molecule has 0 unspecified atom stereocenters. The normalized spacial score (nSPS) is 13.7. The Morgan fingerprint density at radius 1 is 0.921 bits per heavy atom. The first-order valence-corrected chi connectivity index (χ1v) is 12.9. The molecule has 8 nitrogen and oxygen atoms in total. The number of amides is 3. The van der Waals surface area contributed by atoms with Crippen molar-refractivity contribution in [3.05, 3.63) is 78.5 Å². The predicted molar refractivity (Wildman–Crippen MR) is 149 cm³/mol. The van der Waals surface area contributed by atoms with Crippen molar-refractivity contribution in [1.29, 1.82) is 0 Å². The number of anilines is 1. The quantitative estimate of drug-likeness (QED) is 0.114. The van der Waals surface area contributed by atoms with Crippen molar-refractivity contribution >= 4 is 56.7 Å². The zero-order valence-corrected chi connectivity index (χ0v) is 22.0. The number of aromatic nitrogens is 1. The van der Waals surface area contributed by atoms with E-state index in [0.717, 1.165) is 27.2 Å². The zero-order valence-electron chi connectivity index (χ0n) is 21.2. The molecule has 3 aromatic carbocycles. The van der Waals surface area contributed by atoms with E-state index >= 15 is 0 Å². The Bertz CT molecular complexity index is 1450. The van der Waals surface area contributed by atoms with E-state index in [4.69, 9.17) is 16.8 Å². The van der Waals surface area contributed by atoms with Crippen LogP contribution in [0.3, 0.4) is 0 Å². The van der Waals surface area contributed by atoms with Crippen molar-refractivity contribution in [2.45, 2.75) is 38.1 Å². The molecular weight excluding hydrogens is 504 g/mol. The van der Waals surface area contributed by atoms with Gasteiger partial charge < -0.3 is 15.6 Å². The van der Waals surface area contributed by atoms with Gasteiger partial charge in [0.1, 0.15) is 11.4 Å². The number of aromatic amines is 1. The minimum atomic E-state index is -1.31. The largest absolute Gasteiger partial charge is 0.361 e. The number of halogens is 1. The van der Waals surface area contributed by atoms with Crippen molar-refractivity contribution in [2.24, 2.45) is 11.8 Å². The molecule has 0 saturated carbocycles. The van der Waals surface area contributed by atoms with Crippen LogP contribution in [0.5, 0.6) is 0 Å². The maximum Gasteiger partial charge on any atom is 0.262 e.